The zero-order chi connectivity index (χ0) is 12.9. The van der Waals surface area contributed by atoms with E-state index in [1.54, 1.807) is 0 Å². The van der Waals surface area contributed by atoms with E-state index < -0.39 is 0 Å². The van der Waals surface area contributed by atoms with Crippen LogP contribution in [0.15, 0.2) is 71.7 Å². The topological polar surface area (TPSA) is 0 Å². The molecule has 1 aromatic heterocycles. The minimum absolute atomic E-state index is 0.455. The molecule has 3 aromatic rings. The van der Waals surface area contributed by atoms with E-state index in [9.17, 15) is 0 Å². The van der Waals surface area contributed by atoms with Crippen LogP contribution in [0.4, 0.5) is 0 Å². The summed E-state index contributed by atoms with van der Waals surface area (Å²) in [5.74, 6) is 0. The number of benzene rings is 2. The monoisotopic (exact) mass is 310 g/mol. The Labute approximate surface area is 119 Å². The second kappa shape index (κ2) is 5.88. The summed E-state index contributed by atoms with van der Waals surface area (Å²) in [6.45, 7) is 0. The van der Waals surface area contributed by atoms with Crippen LogP contribution < -0.4 is 0 Å². The van der Waals surface area contributed by atoms with Gasteiger partial charge in [-0.2, -0.15) is 0 Å². The van der Waals surface area contributed by atoms with Gasteiger partial charge in [0.15, 0.2) is 0 Å². The van der Waals surface area contributed by atoms with Crippen LogP contribution in [0.5, 0.6) is 0 Å². The fourth-order valence-electron chi connectivity index (χ4n) is 1.96. The molecule has 0 spiro atoms. The van der Waals surface area contributed by atoms with E-state index in [0.29, 0.717) is 14.5 Å². The summed E-state index contributed by atoms with van der Waals surface area (Å²) in [6, 6.07) is 23.3. The van der Waals surface area contributed by atoms with Gasteiger partial charge >= 0.3 is 119 Å². The molecule has 0 amide bonds. The molecule has 2 aromatic carbocycles. The zero-order valence-corrected chi connectivity index (χ0v) is 12.2. The zero-order valence-electron chi connectivity index (χ0n) is 10.5. The van der Waals surface area contributed by atoms with Crippen molar-refractivity contribution in [1.82, 2.24) is 0 Å². The SMILES string of the molecule is C(=Cc1cc(-c2ccccc2)c[se]1)c1ccccc1. The first-order chi connectivity index (χ1) is 9.42. The van der Waals surface area contributed by atoms with E-state index in [1.807, 2.05) is 6.07 Å². The summed E-state index contributed by atoms with van der Waals surface area (Å²) >= 11 is 0.455. The molecule has 0 aliphatic heterocycles. The minimum atomic E-state index is 0.455. The standard InChI is InChI=1S/C18H14Se/c1-3-7-15(8-4-1)11-12-18-13-17(14-19-18)16-9-5-2-6-10-16/h1-14H. The van der Waals surface area contributed by atoms with Crippen LogP contribution in [-0.4, -0.2) is 14.5 Å². The molecule has 0 N–H and O–H groups in total. The number of rotatable bonds is 3. The van der Waals surface area contributed by atoms with E-state index in [2.05, 4.69) is 77.8 Å². The third-order valence-electron chi connectivity index (χ3n) is 2.97. The van der Waals surface area contributed by atoms with Crippen LogP contribution in [0.1, 0.15) is 10.0 Å². The van der Waals surface area contributed by atoms with E-state index in [0.717, 1.165) is 0 Å². The fourth-order valence-corrected chi connectivity index (χ4v) is 3.66. The van der Waals surface area contributed by atoms with Crippen molar-refractivity contribution in [2.24, 2.45) is 0 Å². The molecule has 1 heterocycles. The summed E-state index contributed by atoms with van der Waals surface area (Å²) in [4.78, 5) is 2.35. The van der Waals surface area contributed by atoms with Gasteiger partial charge in [-0.3, -0.25) is 0 Å². The average Bonchev–Trinajstić information content (AvgIpc) is 2.96. The molecule has 0 saturated carbocycles. The van der Waals surface area contributed by atoms with E-state index in [-0.39, 0.29) is 0 Å². The third-order valence-corrected chi connectivity index (χ3v) is 4.85. The Kier molecular flexibility index (Phi) is 3.78. The van der Waals surface area contributed by atoms with Crippen LogP contribution in [-0.2, 0) is 0 Å². The van der Waals surface area contributed by atoms with Crippen LogP contribution in [0, 0.1) is 0 Å². The van der Waals surface area contributed by atoms with Gasteiger partial charge < -0.3 is 0 Å². The molecule has 0 saturated heterocycles. The normalized spacial score (nSPS) is 10.9. The first kappa shape index (κ1) is 12.2. The summed E-state index contributed by atoms with van der Waals surface area (Å²) in [5, 5.41) is 0. The van der Waals surface area contributed by atoms with Crippen molar-refractivity contribution in [3.05, 3.63) is 81.7 Å². The Morgan fingerprint density at radius 1 is 0.684 bits per heavy atom. The van der Waals surface area contributed by atoms with E-state index in [4.69, 9.17) is 0 Å². The Morgan fingerprint density at radius 2 is 1.37 bits per heavy atom. The van der Waals surface area contributed by atoms with Gasteiger partial charge in [-0.1, -0.05) is 0 Å². The third kappa shape index (κ3) is 3.14. The molecule has 0 nitrogen and oxygen atoms in total. The predicted octanol–water partition coefficient (Wildman–Crippen LogP) is 4.58. The summed E-state index contributed by atoms with van der Waals surface area (Å²) in [7, 11) is 0. The van der Waals surface area contributed by atoms with Gasteiger partial charge in [-0.25, -0.2) is 0 Å². The van der Waals surface area contributed by atoms with E-state index in [1.165, 1.54) is 21.1 Å². The van der Waals surface area contributed by atoms with Gasteiger partial charge in [0.25, 0.3) is 0 Å². The van der Waals surface area contributed by atoms with Crippen molar-refractivity contribution in [3.63, 3.8) is 0 Å². The maximum absolute atomic E-state index is 2.35. The Morgan fingerprint density at radius 3 is 2.11 bits per heavy atom. The van der Waals surface area contributed by atoms with Crippen LogP contribution >= 0.6 is 0 Å². The molecule has 0 atom stereocenters. The second-order valence-corrected chi connectivity index (χ2v) is 6.33. The second-order valence-electron chi connectivity index (χ2n) is 4.35. The van der Waals surface area contributed by atoms with Crippen molar-refractivity contribution in [1.29, 1.82) is 0 Å². The molecule has 92 valence electrons. The molecule has 3 rings (SSSR count). The van der Waals surface area contributed by atoms with Gasteiger partial charge in [0.2, 0.25) is 0 Å². The molecule has 0 radical (unpaired) electrons. The molecule has 0 unspecified atom stereocenters. The Hall–Kier alpha value is -1.82. The molecular weight excluding hydrogens is 295 g/mol. The van der Waals surface area contributed by atoms with E-state index >= 15 is 0 Å². The molecule has 1 heteroatoms. The van der Waals surface area contributed by atoms with Crippen molar-refractivity contribution in [2.45, 2.75) is 0 Å². The van der Waals surface area contributed by atoms with Crippen molar-refractivity contribution in [2.75, 3.05) is 0 Å². The molecule has 0 fully saturated rings. The van der Waals surface area contributed by atoms with Gasteiger partial charge in [0.05, 0.1) is 0 Å². The maximum atomic E-state index is 2.35. The Balaban J connectivity index is 1.81. The Bertz CT molecular complexity index is 663. The number of hydrogen-bond donors (Lipinski definition) is 0. The van der Waals surface area contributed by atoms with Crippen molar-refractivity contribution < 1.29 is 0 Å². The first-order valence-corrected chi connectivity index (χ1v) is 8.13. The quantitative estimate of drug-likeness (QED) is 0.621. The molecule has 19 heavy (non-hydrogen) atoms. The van der Waals surface area contributed by atoms with Gasteiger partial charge in [-0.05, 0) is 0 Å². The van der Waals surface area contributed by atoms with Crippen molar-refractivity contribution in [3.8, 4) is 11.1 Å². The summed E-state index contributed by atoms with van der Waals surface area (Å²) in [5.41, 5.74) is 3.92. The van der Waals surface area contributed by atoms with Gasteiger partial charge in [0, 0.05) is 0 Å². The summed E-state index contributed by atoms with van der Waals surface area (Å²) < 4.78 is 1.43. The molecule has 0 aliphatic rings. The van der Waals surface area contributed by atoms with Gasteiger partial charge in [-0.15, -0.1) is 0 Å². The van der Waals surface area contributed by atoms with Crippen LogP contribution in [0.2, 0.25) is 0 Å². The van der Waals surface area contributed by atoms with Crippen LogP contribution in [0.25, 0.3) is 23.3 Å². The first-order valence-electron chi connectivity index (χ1n) is 6.29. The predicted molar refractivity (Wildman–Crippen MR) is 84.2 cm³/mol. The van der Waals surface area contributed by atoms with Gasteiger partial charge in [0.1, 0.15) is 0 Å². The molecular formula is C18H14Se. The molecule has 0 bridgehead atoms. The average molecular weight is 309 g/mol. The fraction of sp³-hybridized carbons (Fsp3) is 0. The molecule has 0 aliphatic carbocycles. The summed E-state index contributed by atoms with van der Waals surface area (Å²) in [6.07, 6.45) is 4.43. The number of hydrogen-bond acceptors (Lipinski definition) is 0. The van der Waals surface area contributed by atoms with Crippen molar-refractivity contribution >= 4 is 26.7 Å². The van der Waals surface area contributed by atoms with Crippen LogP contribution in [0.3, 0.4) is 0 Å².